The summed E-state index contributed by atoms with van der Waals surface area (Å²) in [6, 6.07) is 0. The lowest BCUT2D eigenvalue weighted by Crippen LogP contribution is -2.50. The average Bonchev–Trinajstić information content (AvgIpc) is 2.65. The summed E-state index contributed by atoms with van der Waals surface area (Å²) < 4.78 is 5.63. The van der Waals surface area contributed by atoms with Gasteiger partial charge in [-0.1, -0.05) is 11.3 Å². The van der Waals surface area contributed by atoms with Gasteiger partial charge < -0.3 is 20.7 Å². The molecule has 118 valence electrons. The zero-order valence-electron chi connectivity index (χ0n) is 13.3. The van der Waals surface area contributed by atoms with Gasteiger partial charge in [-0.3, -0.25) is 4.79 Å². The fourth-order valence-electron chi connectivity index (χ4n) is 2.19. The summed E-state index contributed by atoms with van der Waals surface area (Å²) in [4.78, 5) is 19.2. The maximum absolute atomic E-state index is 12.6. The molecule has 1 aromatic rings. The number of hydrogen-bond acceptors (Lipinski definition) is 6. The van der Waals surface area contributed by atoms with Crippen LogP contribution in [0.25, 0.3) is 0 Å². The molecular weight excluding hydrogens is 288 g/mol. The number of amides is 1. The maximum Gasteiger partial charge on any atom is 0.268 e. The van der Waals surface area contributed by atoms with Gasteiger partial charge in [-0.05, 0) is 34.6 Å². The molecule has 2 rings (SSSR count). The lowest BCUT2D eigenvalue weighted by Gasteiger charge is -2.37. The highest BCUT2D eigenvalue weighted by atomic mass is 32.1. The van der Waals surface area contributed by atoms with Crippen LogP contribution in [0.5, 0.6) is 0 Å². The molecule has 1 aliphatic heterocycles. The van der Waals surface area contributed by atoms with Gasteiger partial charge in [-0.25, -0.2) is 4.98 Å². The molecule has 1 fully saturated rings. The number of aromatic nitrogens is 1. The van der Waals surface area contributed by atoms with Crippen LogP contribution in [-0.4, -0.2) is 46.6 Å². The number of morpholine rings is 1. The Kier molecular flexibility index (Phi) is 4.17. The first-order chi connectivity index (χ1) is 9.57. The predicted molar refractivity (Wildman–Crippen MR) is 85.8 cm³/mol. The van der Waals surface area contributed by atoms with Crippen molar-refractivity contribution in [3.05, 3.63) is 4.88 Å². The van der Waals surface area contributed by atoms with Gasteiger partial charge in [0.2, 0.25) is 0 Å². The van der Waals surface area contributed by atoms with E-state index in [1.165, 1.54) is 11.3 Å². The molecule has 0 saturated carbocycles. The summed E-state index contributed by atoms with van der Waals surface area (Å²) in [5, 5.41) is 3.93. The van der Waals surface area contributed by atoms with Crippen LogP contribution in [0, 0.1) is 0 Å². The second-order valence-electron chi connectivity index (χ2n) is 6.94. The summed E-state index contributed by atoms with van der Waals surface area (Å²) in [6.45, 7) is 11.8. The first kappa shape index (κ1) is 16.0. The zero-order valence-corrected chi connectivity index (χ0v) is 14.1. The number of nitrogens with two attached hydrogens (primary N) is 1. The summed E-state index contributed by atoms with van der Waals surface area (Å²) in [6.07, 6.45) is 0. The van der Waals surface area contributed by atoms with E-state index in [1.54, 1.807) is 4.90 Å². The van der Waals surface area contributed by atoms with E-state index in [-0.39, 0.29) is 17.0 Å². The Labute approximate surface area is 129 Å². The molecular formula is C14H24N4O2S. The van der Waals surface area contributed by atoms with Crippen LogP contribution < -0.4 is 11.1 Å². The van der Waals surface area contributed by atoms with E-state index in [1.807, 2.05) is 34.6 Å². The molecule has 1 amide bonds. The van der Waals surface area contributed by atoms with E-state index in [9.17, 15) is 4.79 Å². The molecule has 0 spiro atoms. The number of nitrogen functional groups attached to an aromatic ring is 1. The Morgan fingerprint density at radius 1 is 1.48 bits per heavy atom. The third-order valence-electron chi connectivity index (χ3n) is 3.04. The van der Waals surface area contributed by atoms with Crippen molar-refractivity contribution in [1.82, 2.24) is 9.88 Å². The normalized spacial score (nSPS) is 18.6. The maximum atomic E-state index is 12.6. The van der Waals surface area contributed by atoms with Gasteiger partial charge in [0.25, 0.3) is 5.91 Å². The number of thiazole rings is 1. The number of nitrogens with zero attached hydrogens (tertiary/aromatic N) is 2. The molecule has 0 aliphatic carbocycles. The highest BCUT2D eigenvalue weighted by Gasteiger charge is 2.32. The van der Waals surface area contributed by atoms with Gasteiger partial charge in [0, 0.05) is 18.6 Å². The fourth-order valence-corrected chi connectivity index (χ4v) is 3.25. The number of carbonyl (C=O) groups excluding carboxylic acids is 1. The molecule has 0 unspecified atom stereocenters. The number of nitrogens with one attached hydrogen (secondary N) is 1. The fraction of sp³-hybridized carbons (Fsp3) is 0.714. The molecule has 1 aliphatic rings. The van der Waals surface area contributed by atoms with Gasteiger partial charge in [0.15, 0.2) is 5.13 Å². The van der Waals surface area contributed by atoms with E-state index in [4.69, 9.17) is 10.5 Å². The number of anilines is 2. The second-order valence-corrected chi connectivity index (χ2v) is 7.94. The summed E-state index contributed by atoms with van der Waals surface area (Å²) >= 11 is 1.31. The summed E-state index contributed by atoms with van der Waals surface area (Å²) in [7, 11) is 0. The van der Waals surface area contributed by atoms with Crippen LogP contribution in [0.2, 0.25) is 0 Å². The third-order valence-corrected chi connectivity index (χ3v) is 4.02. The van der Waals surface area contributed by atoms with E-state index >= 15 is 0 Å². The van der Waals surface area contributed by atoms with Gasteiger partial charge in [0.05, 0.1) is 12.2 Å². The standard InChI is InChI=1S/C14H24N4O2S/c1-13(2,3)17-12-16-10(15)9(21-12)11(19)18-6-7-20-14(4,5)8-18/h6-8,15H2,1-5H3,(H,16,17). The molecule has 3 N–H and O–H groups in total. The van der Waals surface area contributed by atoms with E-state index in [0.29, 0.717) is 35.5 Å². The van der Waals surface area contributed by atoms with Crippen molar-refractivity contribution >= 4 is 28.2 Å². The van der Waals surface area contributed by atoms with Crippen LogP contribution >= 0.6 is 11.3 Å². The lowest BCUT2D eigenvalue weighted by molar-refractivity contribution is -0.0762. The topological polar surface area (TPSA) is 80.5 Å². The minimum atomic E-state index is -0.320. The molecule has 6 nitrogen and oxygen atoms in total. The molecule has 1 aromatic heterocycles. The molecule has 7 heteroatoms. The Morgan fingerprint density at radius 3 is 2.71 bits per heavy atom. The molecule has 0 radical (unpaired) electrons. The van der Waals surface area contributed by atoms with Crippen LogP contribution in [0.1, 0.15) is 44.3 Å². The van der Waals surface area contributed by atoms with Crippen molar-refractivity contribution in [3.63, 3.8) is 0 Å². The van der Waals surface area contributed by atoms with E-state index < -0.39 is 0 Å². The van der Waals surface area contributed by atoms with Crippen LogP contribution in [0.4, 0.5) is 10.9 Å². The molecule has 2 heterocycles. The highest BCUT2D eigenvalue weighted by molar-refractivity contribution is 7.18. The van der Waals surface area contributed by atoms with Crippen molar-refractivity contribution < 1.29 is 9.53 Å². The van der Waals surface area contributed by atoms with Crippen LogP contribution in [0.15, 0.2) is 0 Å². The van der Waals surface area contributed by atoms with E-state index in [0.717, 1.165) is 0 Å². The first-order valence-electron chi connectivity index (χ1n) is 7.05. The highest BCUT2D eigenvalue weighted by Crippen LogP contribution is 2.29. The van der Waals surface area contributed by atoms with Gasteiger partial charge in [0.1, 0.15) is 10.7 Å². The second kappa shape index (κ2) is 5.46. The van der Waals surface area contributed by atoms with E-state index in [2.05, 4.69) is 10.3 Å². The number of ether oxygens (including phenoxy) is 1. The molecule has 0 atom stereocenters. The third kappa shape index (κ3) is 4.07. The molecule has 0 bridgehead atoms. The number of carbonyl (C=O) groups is 1. The Hall–Kier alpha value is -1.34. The van der Waals surface area contributed by atoms with Crippen molar-refractivity contribution in [1.29, 1.82) is 0 Å². The smallest absolute Gasteiger partial charge is 0.268 e. The van der Waals surface area contributed by atoms with Crippen molar-refractivity contribution in [2.75, 3.05) is 30.7 Å². The van der Waals surface area contributed by atoms with Crippen molar-refractivity contribution in [2.24, 2.45) is 0 Å². The van der Waals surface area contributed by atoms with Crippen molar-refractivity contribution in [3.8, 4) is 0 Å². The number of hydrogen-bond donors (Lipinski definition) is 2. The molecule has 0 aromatic carbocycles. The van der Waals surface area contributed by atoms with Gasteiger partial charge in [-0.2, -0.15) is 0 Å². The summed E-state index contributed by atoms with van der Waals surface area (Å²) in [5.74, 6) is 0.226. The minimum Gasteiger partial charge on any atom is -0.382 e. The lowest BCUT2D eigenvalue weighted by atomic mass is 10.1. The monoisotopic (exact) mass is 312 g/mol. The Balaban J connectivity index is 2.16. The average molecular weight is 312 g/mol. The summed E-state index contributed by atoms with van der Waals surface area (Å²) in [5.41, 5.74) is 5.48. The van der Waals surface area contributed by atoms with Gasteiger partial charge in [-0.15, -0.1) is 0 Å². The molecule has 1 saturated heterocycles. The predicted octanol–water partition coefficient (Wildman–Crippen LogP) is 2.19. The SMILES string of the molecule is CC(C)(C)Nc1nc(N)c(C(=O)N2CCOC(C)(C)C2)s1. The first-order valence-corrected chi connectivity index (χ1v) is 7.87. The molecule has 21 heavy (non-hydrogen) atoms. The Morgan fingerprint density at radius 2 is 2.14 bits per heavy atom. The quantitative estimate of drug-likeness (QED) is 0.875. The number of rotatable bonds is 2. The Bertz CT molecular complexity index is 534. The zero-order chi connectivity index (χ0) is 15.8. The van der Waals surface area contributed by atoms with Crippen LogP contribution in [0.3, 0.4) is 0 Å². The van der Waals surface area contributed by atoms with Crippen LogP contribution in [-0.2, 0) is 4.74 Å². The minimum absolute atomic E-state index is 0.0664. The van der Waals surface area contributed by atoms with Crippen molar-refractivity contribution in [2.45, 2.75) is 45.8 Å². The van der Waals surface area contributed by atoms with Gasteiger partial charge >= 0.3 is 0 Å². The largest absolute Gasteiger partial charge is 0.382 e.